The molecule has 0 unspecified atom stereocenters. The van der Waals surface area contributed by atoms with Crippen LogP contribution < -0.4 is 21.9 Å². The maximum Gasteiger partial charge on any atom is 0.332 e. The number of hydrogen-bond donors (Lipinski definition) is 2. The van der Waals surface area contributed by atoms with E-state index in [0.717, 1.165) is 4.57 Å². The van der Waals surface area contributed by atoms with E-state index in [2.05, 4.69) is 15.6 Å². The number of hydrogen-bond acceptors (Lipinski definition) is 6. The molecule has 4 rings (SSSR count). The Morgan fingerprint density at radius 2 is 1.52 bits per heavy atom. The fourth-order valence-electron chi connectivity index (χ4n) is 3.01. The van der Waals surface area contributed by atoms with Crippen LogP contribution in [0.2, 0.25) is 0 Å². The number of aryl methyl sites for hydroxylation is 1. The van der Waals surface area contributed by atoms with Crippen molar-refractivity contribution in [1.82, 2.24) is 14.1 Å². The first-order valence-corrected chi connectivity index (χ1v) is 9.18. The summed E-state index contributed by atoms with van der Waals surface area (Å²) in [6, 6.07) is 12.5. The molecule has 0 aliphatic heterocycles. The van der Waals surface area contributed by atoms with Crippen molar-refractivity contribution < 1.29 is 14.0 Å². The molecule has 0 fully saturated rings. The number of anilines is 2. The zero-order chi connectivity index (χ0) is 22.1. The lowest BCUT2D eigenvalue weighted by Crippen LogP contribution is -2.37. The molecule has 4 aromatic rings. The predicted octanol–water partition coefficient (Wildman–Crippen LogP) is 1.73. The minimum atomic E-state index is -0.533. The number of aromatic nitrogens is 3. The Hall–Kier alpha value is -4.47. The van der Waals surface area contributed by atoms with Gasteiger partial charge in [-0.2, -0.15) is 0 Å². The number of nitrogens with one attached hydrogen (secondary N) is 2. The lowest BCUT2D eigenvalue weighted by Gasteiger charge is -2.09. The van der Waals surface area contributed by atoms with E-state index in [1.165, 1.54) is 37.1 Å². The summed E-state index contributed by atoms with van der Waals surface area (Å²) >= 11 is 0. The number of fused-ring (bicyclic) bond motifs is 1. The molecule has 3 aromatic heterocycles. The van der Waals surface area contributed by atoms with E-state index in [1.54, 1.807) is 36.4 Å². The summed E-state index contributed by atoms with van der Waals surface area (Å²) in [6.45, 7) is 0. The molecular formula is C21H17N5O5. The summed E-state index contributed by atoms with van der Waals surface area (Å²) in [6.07, 6.45) is 1.41. The highest BCUT2D eigenvalue weighted by atomic mass is 16.3. The van der Waals surface area contributed by atoms with Gasteiger partial charge in [-0.05, 0) is 48.5 Å². The van der Waals surface area contributed by atoms with Gasteiger partial charge in [-0.3, -0.25) is 23.5 Å². The second-order valence-corrected chi connectivity index (χ2v) is 6.74. The van der Waals surface area contributed by atoms with Crippen LogP contribution in [0.5, 0.6) is 0 Å². The van der Waals surface area contributed by atoms with Crippen molar-refractivity contribution in [2.45, 2.75) is 0 Å². The summed E-state index contributed by atoms with van der Waals surface area (Å²) in [5.41, 5.74) is 0.150. The smallest absolute Gasteiger partial charge is 0.332 e. The fourth-order valence-corrected chi connectivity index (χ4v) is 3.01. The minimum Gasteiger partial charge on any atom is -0.459 e. The molecule has 2 N–H and O–H groups in total. The summed E-state index contributed by atoms with van der Waals surface area (Å²) in [7, 11) is 2.86. The van der Waals surface area contributed by atoms with Gasteiger partial charge in [0.1, 0.15) is 11.3 Å². The quantitative estimate of drug-likeness (QED) is 0.518. The van der Waals surface area contributed by atoms with Crippen molar-refractivity contribution >= 4 is 34.2 Å². The Kier molecular flexibility index (Phi) is 4.96. The standard InChI is InChI=1S/C21H17N5O5/c1-25-17-14(20(29)26(2)21(25)30)9-10-15(24-17)18(27)22-12-5-7-13(8-6-12)23-19(28)16-4-3-11-31-16/h3-11H,1-2H3,(H,22,27)(H,23,28). The molecule has 0 spiro atoms. The van der Waals surface area contributed by atoms with E-state index < -0.39 is 17.2 Å². The SMILES string of the molecule is Cn1c(=O)c2ccc(C(=O)Nc3ccc(NC(=O)c4ccco4)cc3)nc2n(C)c1=O. The number of carbonyl (C=O) groups excluding carboxylic acids is 2. The first kappa shape index (κ1) is 19.8. The third kappa shape index (κ3) is 3.73. The van der Waals surface area contributed by atoms with Gasteiger partial charge in [0.15, 0.2) is 5.76 Å². The Labute approximate surface area is 174 Å². The van der Waals surface area contributed by atoms with E-state index in [4.69, 9.17) is 4.42 Å². The second kappa shape index (κ2) is 7.75. The Bertz CT molecular complexity index is 1420. The van der Waals surface area contributed by atoms with Crippen LogP contribution in [-0.4, -0.2) is 25.9 Å². The lowest BCUT2D eigenvalue weighted by molar-refractivity contribution is 0.0994. The molecule has 10 nitrogen and oxygen atoms in total. The molecule has 0 atom stereocenters. The average Bonchev–Trinajstić information content (AvgIpc) is 3.32. The van der Waals surface area contributed by atoms with E-state index in [1.807, 2.05) is 0 Å². The van der Waals surface area contributed by atoms with Crippen LogP contribution in [0.1, 0.15) is 21.0 Å². The number of furan rings is 1. The Morgan fingerprint density at radius 1 is 0.871 bits per heavy atom. The number of nitrogens with zero attached hydrogens (tertiary/aromatic N) is 3. The molecule has 3 heterocycles. The summed E-state index contributed by atoms with van der Waals surface area (Å²) < 4.78 is 7.23. The van der Waals surface area contributed by atoms with E-state index in [9.17, 15) is 19.2 Å². The summed E-state index contributed by atoms with van der Waals surface area (Å²) in [5, 5.41) is 5.60. The Morgan fingerprint density at radius 3 is 2.13 bits per heavy atom. The molecule has 2 amide bonds. The molecule has 1 aromatic carbocycles. The molecule has 156 valence electrons. The lowest BCUT2D eigenvalue weighted by atomic mass is 10.2. The van der Waals surface area contributed by atoms with Crippen molar-refractivity contribution in [2.75, 3.05) is 10.6 Å². The van der Waals surface area contributed by atoms with Gasteiger partial charge in [0.25, 0.3) is 17.4 Å². The van der Waals surface area contributed by atoms with Crippen LogP contribution in [0.3, 0.4) is 0 Å². The average molecular weight is 419 g/mol. The molecule has 0 radical (unpaired) electrons. The Balaban J connectivity index is 1.53. The normalized spacial score (nSPS) is 10.8. The first-order valence-electron chi connectivity index (χ1n) is 9.18. The zero-order valence-corrected chi connectivity index (χ0v) is 16.6. The molecular weight excluding hydrogens is 402 g/mol. The molecule has 0 bridgehead atoms. The molecule has 0 aliphatic rings. The third-order valence-electron chi connectivity index (χ3n) is 4.68. The number of pyridine rings is 1. The number of rotatable bonds is 4. The fraction of sp³-hybridized carbons (Fsp3) is 0.0952. The number of benzene rings is 1. The van der Waals surface area contributed by atoms with Gasteiger partial charge in [-0.1, -0.05) is 0 Å². The van der Waals surface area contributed by atoms with Crippen molar-refractivity contribution in [3.05, 3.63) is 87.1 Å². The van der Waals surface area contributed by atoms with Gasteiger partial charge >= 0.3 is 5.69 Å². The predicted molar refractivity (Wildman–Crippen MR) is 113 cm³/mol. The number of amides is 2. The monoisotopic (exact) mass is 419 g/mol. The van der Waals surface area contributed by atoms with Gasteiger partial charge in [0, 0.05) is 25.5 Å². The van der Waals surface area contributed by atoms with Crippen LogP contribution in [0.15, 0.2) is 68.8 Å². The van der Waals surface area contributed by atoms with Crippen LogP contribution in [0.4, 0.5) is 11.4 Å². The summed E-state index contributed by atoms with van der Waals surface area (Å²) in [5.74, 6) is -0.717. The van der Waals surface area contributed by atoms with Gasteiger partial charge in [0.05, 0.1) is 11.6 Å². The molecule has 10 heteroatoms. The highest BCUT2D eigenvalue weighted by molar-refractivity contribution is 6.04. The van der Waals surface area contributed by atoms with Gasteiger partial charge < -0.3 is 15.1 Å². The topological polar surface area (TPSA) is 128 Å². The van der Waals surface area contributed by atoms with Crippen molar-refractivity contribution in [1.29, 1.82) is 0 Å². The zero-order valence-electron chi connectivity index (χ0n) is 16.6. The highest BCUT2D eigenvalue weighted by Gasteiger charge is 2.14. The molecule has 0 aliphatic carbocycles. The van der Waals surface area contributed by atoms with E-state index in [-0.39, 0.29) is 28.4 Å². The van der Waals surface area contributed by atoms with E-state index in [0.29, 0.717) is 11.4 Å². The van der Waals surface area contributed by atoms with Gasteiger partial charge in [-0.25, -0.2) is 9.78 Å². The third-order valence-corrected chi connectivity index (χ3v) is 4.68. The van der Waals surface area contributed by atoms with E-state index >= 15 is 0 Å². The van der Waals surface area contributed by atoms with Crippen LogP contribution >= 0.6 is 0 Å². The molecule has 0 saturated carbocycles. The second-order valence-electron chi connectivity index (χ2n) is 6.74. The van der Waals surface area contributed by atoms with Crippen LogP contribution in [0, 0.1) is 0 Å². The maximum atomic E-state index is 12.6. The maximum absolute atomic E-state index is 12.6. The molecule has 31 heavy (non-hydrogen) atoms. The van der Waals surface area contributed by atoms with Gasteiger partial charge in [0.2, 0.25) is 0 Å². The van der Waals surface area contributed by atoms with Crippen molar-refractivity contribution in [2.24, 2.45) is 14.1 Å². The highest BCUT2D eigenvalue weighted by Crippen LogP contribution is 2.16. The largest absolute Gasteiger partial charge is 0.459 e. The minimum absolute atomic E-state index is 0.0472. The van der Waals surface area contributed by atoms with Crippen LogP contribution in [0.25, 0.3) is 11.0 Å². The van der Waals surface area contributed by atoms with Gasteiger partial charge in [-0.15, -0.1) is 0 Å². The van der Waals surface area contributed by atoms with Crippen molar-refractivity contribution in [3.63, 3.8) is 0 Å². The number of carbonyl (C=O) groups is 2. The summed E-state index contributed by atoms with van der Waals surface area (Å²) in [4.78, 5) is 53.1. The first-order chi connectivity index (χ1) is 14.8. The van der Waals surface area contributed by atoms with Crippen LogP contribution in [-0.2, 0) is 14.1 Å². The van der Waals surface area contributed by atoms with Crippen molar-refractivity contribution in [3.8, 4) is 0 Å². The molecule has 0 saturated heterocycles.